The lowest BCUT2D eigenvalue weighted by Crippen LogP contribution is -2.47. The lowest BCUT2D eigenvalue weighted by Gasteiger charge is -2.40. The van der Waals surface area contributed by atoms with Gasteiger partial charge in [-0.05, 0) is 76.7 Å². The maximum absolute atomic E-state index is 10.0. The molecule has 3 rings (SSSR count). The first-order valence-corrected chi connectivity index (χ1v) is 16.2. The van der Waals surface area contributed by atoms with Crippen molar-refractivity contribution in [2.75, 3.05) is 27.3 Å². The van der Waals surface area contributed by atoms with Gasteiger partial charge in [-0.1, -0.05) is 123 Å². The summed E-state index contributed by atoms with van der Waals surface area (Å²) in [6, 6.07) is 19.4. The van der Waals surface area contributed by atoms with Gasteiger partial charge in [-0.25, -0.2) is 0 Å². The van der Waals surface area contributed by atoms with E-state index < -0.39 is 0 Å². The van der Waals surface area contributed by atoms with Crippen LogP contribution in [-0.2, 0) is 11.2 Å². The Labute approximate surface area is 256 Å². The van der Waals surface area contributed by atoms with Gasteiger partial charge >= 0.3 is 0 Å². The van der Waals surface area contributed by atoms with Crippen molar-refractivity contribution in [3.8, 4) is 5.75 Å². The minimum absolute atomic E-state index is 0.289. The summed E-state index contributed by atoms with van der Waals surface area (Å²) >= 11 is 0. The molecule has 1 fully saturated rings. The van der Waals surface area contributed by atoms with Crippen LogP contribution in [0.1, 0.15) is 125 Å². The standard InChI is InChI=1S/C10H21N.C10H14O.C7H8.C5H10O.2C2H6.CH4O/c1-3-5-6-8-11-9-7-10(11)4-2;1-3-4-9-5-7-10(11-2)8-6-9;1-7-5-3-2-4-6-7;1-3-4-5(2)6;3*1-2/h10H,3-9H2,1-2H3;5-8H,3-4H2,1-2H3;2-6H,1H3;3-4H2,1-2H3;2*1-2H3;2H,1H3/t10-;;;;;;/m0....../s1. The summed E-state index contributed by atoms with van der Waals surface area (Å²) in [5.41, 5.74) is 2.70. The smallest absolute Gasteiger partial charge is 0.129 e. The zero-order chi connectivity index (χ0) is 32.3. The van der Waals surface area contributed by atoms with E-state index in [9.17, 15) is 4.79 Å². The van der Waals surface area contributed by atoms with Crippen molar-refractivity contribution in [2.24, 2.45) is 0 Å². The number of aryl methyl sites for hydroxylation is 2. The number of aliphatic hydroxyl groups is 1. The molecule has 4 nitrogen and oxygen atoms in total. The largest absolute Gasteiger partial charge is 0.497 e. The lowest BCUT2D eigenvalue weighted by atomic mass is 10.00. The second-order valence-electron chi connectivity index (χ2n) is 9.30. The van der Waals surface area contributed by atoms with Crippen molar-refractivity contribution < 1.29 is 14.6 Å². The number of carbonyl (C=O) groups is 1. The van der Waals surface area contributed by atoms with E-state index in [0.29, 0.717) is 0 Å². The van der Waals surface area contributed by atoms with Crippen molar-refractivity contribution in [3.63, 3.8) is 0 Å². The molecule has 0 aromatic heterocycles. The Morgan fingerprint density at radius 1 is 0.854 bits per heavy atom. The quantitative estimate of drug-likeness (QED) is 0.286. The number of benzene rings is 2. The van der Waals surface area contributed by atoms with Crippen LogP contribution >= 0.6 is 0 Å². The number of likely N-dealkylation sites (tertiary alicyclic amines) is 1. The highest BCUT2D eigenvalue weighted by molar-refractivity contribution is 5.75. The molecule has 0 aliphatic carbocycles. The summed E-state index contributed by atoms with van der Waals surface area (Å²) in [5.74, 6) is 1.22. The monoisotopic (exact) mass is 576 g/mol. The summed E-state index contributed by atoms with van der Waals surface area (Å²) in [5, 5.41) is 7.00. The second-order valence-corrected chi connectivity index (χ2v) is 9.30. The zero-order valence-corrected chi connectivity index (χ0v) is 29.3. The molecule has 0 spiro atoms. The van der Waals surface area contributed by atoms with Gasteiger partial charge in [0, 0.05) is 19.6 Å². The Hall–Kier alpha value is -2.17. The van der Waals surface area contributed by atoms with Gasteiger partial charge < -0.3 is 19.5 Å². The number of carbonyl (C=O) groups excluding carboxylic acids is 1. The Bertz CT molecular complexity index is 730. The number of rotatable bonds is 10. The normalized spacial score (nSPS) is 12.5. The number of ether oxygens (including phenoxy) is 1. The highest BCUT2D eigenvalue weighted by atomic mass is 16.5. The molecule has 1 N–H and O–H groups in total. The predicted octanol–water partition coefficient (Wildman–Crippen LogP) is 10.3. The van der Waals surface area contributed by atoms with E-state index in [0.717, 1.165) is 38.2 Å². The average molecular weight is 576 g/mol. The second kappa shape index (κ2) is 37.8. The van der Waals surface area contributed by atoms with Crippen LogP contribution in [-0.4, -0.2) is 49.1 Å². The third-order valence-corrected chi connectivity index (χ3v) is 6.03. The molecule has 1 aliphatic rings. The Morgan fingerprint density at radius 2 is 1.41 bits per heavy atom. The first-order valence-electron chi connectivity index (χ1n) is 16.2. The van der Waals surface area contributed by atoms with Crippen LogP contribution in [0.2, 0.25) is 0 Å². The molecule has 1 atom stereocenters. The topological polar surface area (TPSA) is 49.8 Å². The van der Waals surface area contributed by atoms with E-state index in [1.165, 1.54) is 62.7 Å². The minimum Gasteiger partial charge on any atom is -0.497 e. The van der Waals surface area contributed by atoms with Crippen molar-refractivity contribution in [1.29, 1.82) is 0 Å². The van der Waals surface area contributed by atoms with Gasteiger partial charge in [-0.3, -0.25) is 0 Å². The number of hydrogen-bond donors (Lipinski definition) is 1. The maximum Gasteiger partial charge on any atom is 0.129 e. The molecule has 2 aromatic carbocycles. The molecule has 0 saturated carbocycles. The number of nitrogens with zero attached hydrogens (tertiary/aromatic N) is 1. The lowest BCUT2D eigenvalue weighted by molar-refractivity contribution is -0.117. The molecule has 4 heteroatoms. The van der Waals surface area contributed by atoms with Crippen molar-refractivity contribution in [2.45, 2.75) is 133 Å². The number of hydrogen-bond acceptors (Lipinski definition) is 4. The van der Waals surface area contributed by atoms with E-state index >= 15 is 0 Å². The number of unbranched alkanes of at least 4 members (excludes halogenated alkanes) is 2. The molecule has 2 aromatic rings. The number of aliphatic hydroxyl groups excluding tert-OH is 1. The SMILES string of the molecule is CC.CC.CCCC(C)=O.CCCCCN1CC[C@@H]1CC.CCCc1ccc(OC)cc1.CO.Cc1ccccc1. The summed E-state index contributed by atoms with van der Waals surface area (Å²) < 4.78 is 5.05. The molecule has 1 saturated heterocycles. The fourth-order valence-electron chi connectivity index (χ4n) is 3.78. The fourth-order valence-corrected chi connectivity index (χ4v) is 3.78. The first kappa shape index (κ1) is 45.8. The fraction of sp³-hybridized carbons (Fsp3) is 0.649. The van der Waals surface area contributed by atoms with Crippen molar-refractivity contribution in [3.05, 3.63) is 65.7 Å². The summed E-state index contributed by atoms with van der Waals surface area (Å²) in [6.45, 7) is 23.2. The van der Waals surface area contributed by atoms with E-state index in [1.54, 1.807) is 14.0 Å². The third-order valence-electron chi connectivity index (χ3n) is 6.03. The van der Waals surface area contributed by atoms with Crippen LogP contribution < -0.4 is 4.74 Å². The molecule has 1 heterocycles. The summed E-state index contributed by atoms with van der Waals surface area (Å²) in [4.78, 5) is 12.7. The van der Waals surface area contributed by atoms with Crippen molar-refractivity contribution in [1.82, 2.24) is 4.90 Å². The van der Waals surface area contributed by atoms with Gasteiger partial charge in [-0.15, -0.1) is 0 Å². The van der Waals surface area contributed by atoms with Gasteiger partial charge in [0.25, 0.3) is 0 Å². The molecular weight excluding hydrogens is 506 g/mol. The first-order chi connectivity index (χ1) is 19.9. The Balaban J connectivity index is -0.000000214. The van der Waals surface area contributed by atoms with Gasteiger partial charge in [0.15, 0.2) is 0 Å². The number of ketones is 1. The van der Waals surface area contributed by atoms with Crippen LogP contribution in [0.25, 0.3) is 0 Å². The molecule has 240 valence electrons. The molecule has 0 bridgehead atoms. The van der Waals surface area contributed by atoms with Gasteiger partial charge in [-0.2, -0.15) is 0 Å². The Morgan fingerprint density at radius 3 is 1.71 bits per heavy atom. The van der Waals surface area contributed by atoms with E-state index in [2.05, 4.69) is 56.9 Å². The average Bonchev–Trinajstić information content (AvgIpc) is 3.00. The molecule has 0 radical (unpaired) electrons. The number of Topliss-reactive ketones (excluding diaryl/α,β-unsaturated/α-hetero) is 1. The highest BCUT2D eigenvalue weighted by Gasteiger charge is 2.24. The molecule has 41 heavy (non-hydrogen) atoms. The predicted molar refractivity (Wildman–Crippen MR) is 184 cm³/mol. The van der Waals surface area contributed by atoms with Gasteiger partial charge in [0.05, 0.1) is 7.11 Å². The highest BCUT2D eigenvalue weighted by Crippen LogP contribution is 2.20. The van der Waals surface area contributed by atoms with Gasteiger partial charge in [0.2, 0.25) is 0 Å². The zero-order valence-electron chi connectivity index (χ0n) is 29.3. The van der Waals surface area contributed by atoms with Gasteiger partial charge in [0.1, 0.15) is 11.5 Å². The van der Waals surface area contributed by atoms with Crippen LogP contribution in [0.15, 0.2) is 54.6 Å². The van der Waals surface area contributed by atoms with E-state index in [-0.39, 0.29) is 5.78 Å². The van der Waals surface area contributed by atoms with E-state index in [1.807, 2.05) is 65.0 Å². The van der Waals surface area contributed by atoms with Crippen molar-refractivity contribution >= 4 is 5.78 Å². The summed E-state index contributed by atoms with van der Waals surface area (Å²) in [7, 11) is 2.69. The van der Waals surface area contributed by atoms with Crippen LogP contribution in [0.3, 0.4) is 0 Å². The number of methoxy groups -OCH3 is 1. The molecule has 0 unspecified atom stereocenters. The molecule has 1 aliphatic heterocycles. The van der Waals surface area contributed by atoms with Crippen LogP contribution in [0.5, 0.6) is 5.75 Å². The van der Waals surface area contributed by atoms with Crippen LogP contribution in [0, 0.1) is 6.92 Å². The molecular formula is C37H69NO3. The minimum atomic E-state index is 0.289. The maximum atomic E-state index is 10.0. The van der Waals surface area contributed by atoms with E-state index in [4.69, 9.17) is 9.84 Å². The Kier molecular flexibility index (Phi) is 42.3. The van der Waals surface area contributed by atoms with Crippen LogP contribution in [0.4, 0.5) is 0 Å². The molecule has 0 amide bonds. The third kappa shape index (κ3) is 30.6. The summed E-state index contributed by atoms with van der Waals surface area (Å²) in [6.07, 6.45) is 11.0.